The summed E-state index contributed by atoms with van der Waals surface area (Å²) in [6.45, 7) is 7.13. The van der Waals surface area contributed by atoms with Gasteiger partial charge in [-0.15, -0.1) is 0 Å². The first-order chi connectivity index (χ1) is 8.61. The molecule has 0 atom stereocenters. The SMILES string of the molecule is CNCc1cncc(-c2cn(C(C)C)nc2C)c1. The van der Waals surface area contributed by atoms with Crippen molar-refractivity contribution in [1.82, 2.24) is 20.1 Å². The first-order valence-electron chi connectivity index (χ1n) is 6.26. The van der Waals surface area contributed by atoms with E-state index in [-0.39, 0.29) is 0 Å². The molecule has 0 aliphatic carbocycles. The van der Waals surface area contributed by atoms with Crippen LogP contribution in [0.3, 0.4) is 0 Å². The maximum absolute atomic E-state index is 4.54. The average molecular weight is 244 g/mol. The maximum Gasteiger partial charge on any atom is 0.0672 e. The lowest BCUT2D eigenvalue weighted by Crippen LogP contribution is -2.05. The third-order valence-corrected chi connectivity index (χ3v) is 2.93. The zero-order valence-electron chi connectivity index (χ0n) is 11.4. The van der Waals surface area contributed by atoms with Gasteiger partial charge >= 0.3 is 0 Å². The minimum Gasteiger partial charge on any atom is -0.316 e. The fourth-order valence-corrected chi connectivity index (χ4v) is 1.97. The molecule has 4 heteroatoms. The average Bonchev–Trinajstić information content (AvgIpc) is 2.72. The molecule has 2 heterocycles. The van der Waals surface area contributed by atoms with Gasteiger partial charge in [-0.05, 0) is 39.4 Å². The molecule has 0 radical (unpaired) electrons. The quantitative estimate of drug-likeness (QED) is 0.898. The number of hydrogen-bond acceptors (Lipinski definition) is 3. The number of aryl methyl sites for hydroxylation is 1. The van der Waals surface area contributed by atoms with E-state index in [1.165, 1.54) is 5.56 Å². The highest BCUT2D eigenvalue weighted by Crippen LogP contribution is 2.23. The predicted octanol–water partition coefficient (Wildman–Crippen LogP) is 2.55. The van der Waals surface area contributed by atoms with Crippen LogP contribution in [0.15, 0.2) is 24.7 Å². The molecule has 0 aromatic carbocycles. The Morgan fingerprint density at radius 3 is 2.72 bits per heavy atom. The van der Waals surface area contributed by atoms with Crippen LogP contribution in [0.25, 0.3) is 11.1 Å². The molecule has 0 fully saturated rings. The number of nitrogens with one attached hydrogen (secondary N) is 1. The van der Waals surface area contributed by atoms with Gasteiger partial charge in [-0.25, -0.2) is 0 Å². The molecule has 0 saturated heterocycles. The summed E-state index contributed by atoms with van der Waals surface area (Å²) in [6, 6.07) is 2.55. The van der Waals surface area contributed by atoms with Gasteiger partial charge in [-0.2, -0.15) is 5.10 Å². The van der Waals surface area contributed by atoms with Crippen molar-refractivity contribution in [2.24, 2.45) is 0 Å². The van der Waals surface area contributed by atoms with Crippen LogP contribution >= 0.6 is 0 Å². The van der Waals surface area contributed by atoms with Crippen molar-refractivity contribution in [2.45, 2.75) is 33.4 Å². The summed E-state index contributed by atoms with van der Waals surface area (Å²) in [5, 5.41) is 7.68. The largest absolute Gasteiger partial charge is 0.316 e. The lowest BCUT2D eigenvalue weighted by Gasteiger charge is -2.04. The summed E-state index contributed by atoms with van der Waals surface area (Å²) < 4.78 is 2.00. The Morgan fingerprint density at radius 1 is 1.33 bits per heavy atom. The van der Waals surface area contributed by atoms with Crippen molar-refractivity contribution < 1.29 is 0 Å². The normalized spacial score (nSPS) is 11.2. The summed E-state index contributed by atoms with van der Waals surface area (Å²) in [4.78, 5) is 4.30. The molecule has 18 heavy (non-hydrogen) atoms. The smallest absolute Gasteiger partial charge is 0.0672 e. The minimum atomic E-state index is 0.380. The van der Waals surface area contributed by atoms with E-state index in [1.54, 1.807) is 0 Å². The summed E-state index contributed by atoms with van der Waals surface area (Å²) in [7, 11) is 1.94. The number of aromatic nitrogens is 3. The number of hydrogen-bond donors (Lipinski definition) is 1. The van der Waals surface area contributed by atoms with Crippen LogP contribution < -0.4 is 5.32 Å². The Morgan fingerprint density at radius 2 is 2.11 bits per heavy atom. The van der Waals surface area contributed by atoms with Crippen molar-refractivity contribution in [1.29, 1.82) is 0 Å². The van der Waals surface area contributed by atoms with Gasteiger partial charge in [0.2, 0.25) is 0 Å². The van der Waals surface area contributed by atoms with E-state index in [1.807, 2.05) is 31.0 Å². The van der Waals surface area contributed by atoms with Crippen LogP contribution in [0.5, 0.6) is 0 Å². The van der Waals surface area contributed by atoms with Crippen molar-refractivity contribution in [3.8, 4) is 11.1 Å². The van der Waals surface area contributed by atoms with Crippen LogP contribution in [0, 0.1) is 6.92 Å². The van der Waals surface area contributed by atoms with Crippen LogP contribution in [0.4, 0.5) is 0 Å². The minimum absolute atomic E-state index is 0.380. The highest BCUT2D eigenvalue weighted by molar-refractivity contribution is 5.64. The molecule has 96 valence electrons. The number of pyridine rings is 1. The van der Waals surface area contributed by atoms with E-state index in [2.05, 4.69) is 41.5 Å². The fourth-order valence-electron chi connectivity index (χ4n) is 1.97. The highest BCUT2D eigenvalue weighted by Gasteiger charge is 2.09. The molecule has 0 aliphatic rings. The molecule has 2 rings (SSSR count). The summed E-state index contributed by atoms with van der Waals surface area (Å²) >= 11 is 0. The van der Waals surface area contributed by atoms with Gasteiger partial charge in [0.25, 0.3) is 0 Å². The van der Waals surface area contributed by atoms with E-state index in [4.69, 9.17) is 0 Å². The van der Waals surface area contributed by atoms with E-state index in [0.717, 1.165) is 23.4 Å². The topological polar surface area (TPSA) is 42.7 Å². The second-order valence-corrected chi connectivity index (χ2v) is 4.81. The summed E-state index contributed by atoms with van der Waals surface area (Å²) in [6.07, 6.45) is 5.89. The summed E-state index contributed by atoms with van der Waals surface area (Å²) in [5.74, 6) is 0. The Labute approximate surface area is 108 Å². The predicted molar refractivity (Wildman–Crippen MR) is 73.3 cm³/mol. The van der Waals surface area contributed by atoms with E-state index in [0.29, 0.717) is 6.04 Å². The molecule has 2 aromatic heterocycles. The van der Waals surface area contributed by atoms with Gasteiger partial charge in [0.15, 0.2) is 0 Å². The van der Waals surface area contributed by atoms with Crippen LogP contribution in [-0.2, 0) is 6.54 Å². The molecule has 2 aromatic rings. The molecule has 1 N–H and O–H groups in total. The zero-order chi connectivity index (χ0) is 13.1. The number of nitrogens with zero attached hydrogens (tertiary/aromatic N) is 3. The first kappa shape index (κ1) is 12.8. The molecular formula is C14H20N4. The Balaban J connectivity index is 2.38. The molecule has 0 spiro atoms. The molecule has 0 aliphatic heterocycles. The molecule has 0 amide bonds. The van der Waals surface area contributed by atoms with Gasteiger partial charge in [0.05, 0.1) is 5.69 Å². The van der Waals surface area contributed by atoms with Gasteiger partial charge in [-0.1, -0.05) is 0 Å². The van der Waals surface area contributed by atoms with Gasteiger partial charge in [0, 0.05) is 42.3 Å². The standard InChI is InChI=1S/C14H20N4/c1-10(2)18-9-14(11(3)17-18)13-5-12(6-15-4)7-16-8-13/h5,7-10,15H,6H2,1-4H3. The Hall–Kier alpha value is -1.68. The Bertz CT molecular complexity index is 528. The molecule has 0 saturated carbocycles. The lowest BCUT2D eigenvalue weighted by atomic mass is 10.1. The van der Waals surface area contributed by atoms with Crippen LogP contribution in [0.1, 0.15) is 31.1 Å². The molecular weight excluding hydrogens is 224 g/mol. The lowest BCUT2D eigenvalue weighted by molar-refractivity contribution is 0.529. The van der Waals surface area contributed by atoms with Crippen molar-refractivity contribution in [2.75, 3.05) is 7.05 Å². The van der Waals surface area contributed by atoms with E-state index < -0.39 is 0 Å². The van der Waals surface area contributed by atoms with Crippen molar-refractivity contribution in [3.63, 3.8) is 0 Å². The third-order valence-electron chi connectivity index (χ3n) is 2.93. The third kappa shape index (κ3) is 2.59. The second-order valence-electron chi connectivity index (χ2n) is 4.81. The van der Waals surface area contributed by atoms with Gasteiger partial charge in [-0.3, -0.25) is 9.67 Å². The second kappa shape index (κ2) is 5.31. The number of rotatable bonds is 4. The van der Waals surface area contributed by atoms with Crippen molar-refractivity contribution in [3.05, 3.63) is 35.9 Å². The fraction of sp³-hybridized carbons (Fsp3) is 0.429. The van der Waals surface area contributed by atoms with Crippen molar-refractivity contribution >= 4 is 0 Å². The molecule has 4 nitrogen and oxygen atoms in total. The van der Waals surface area contributed by atoms with Crippen LogP contribution in [0.2, 0.25) is 0 Å². The first-order valence-corrected chi connectivity index (χ1v) is 6.26. The van der Waals surface area contributed by atoms with E-state index in [9.17, 15) is 0 Å². The molecule has 0 unspecified atom stereocenters. The maximum atomic E-state index is 4.54. The highest BCUT2D eigenvalue weighted by atomic mass is 15.3. The van der Waals surface area contributed by atoms with Gasteiger partial charge < -0.3 is 5.32 Å². The monoisotopic (exact) mass is 244 g/mol. The molecule has 0 bridgehead atoms. The van der Waals surface area contributed by atoms with Crippen LogP contribution in [-0.4, -0.2) is 21.8 Å². The summed E-state index contributed by atoms with van der Waals surface area (Å²) in [5.41, 5.74) is 4.53. The van der Waals surface area contributed by atoms with E-state index >= 15 is 0 Å². The van der Waals surface area contributed by atoms with Gasteiger partial charge in [0.1, 0.15) is 0 Å². The Kier molecular flexibility index (Phi) is 3.77. The zero-order valence-corrected chi connectivity index (χ0v) is 11.4.